The molecule has 0 fully saturated rings. The number of carbonyl (C=O) groups is 1. The van der Waals surface area contributed by atoms with Crippen LogP contribution in [-0.2, 0) is 13.0 Å². The molecule has 200 valence electrons. The van der Waals surface area contributed by atoms with E-state index >= 15 is 0 Å². The third kappa shape index (κ3) is 6.39. The highest BCUT2D eigenvalue weighted by atomic mass is 16.5. The second-order valence-electron chi connectivity index (χ2n) is 9.40. The van der Waals surface area contributed by atoms with Gasteiger partial charge in [0.1, 0.15) is 17.4 Å². The molecule has 0 saturated heterocycles. The van der Waals surface area contributed by atoms with Crippen molar-refractivity contribution in [2.75, 3.05) is 55.5 Å². The Hall–Kier alpha value is -4.77. The van der Waals surface area contributed by atoms with Crippen LogP contribution >= 0.6 is 0 Å². The zero-order valence-electron chi connectivity index (χ0n) is 21.9. The molecule has 0 atom stereocenters. The molecule has 0 aliphatic carbocycles. The summed E-state index contributed by atoms with van der Waals surface area (Å²) in [5.41, 5.74) is 10.6. The molecular formula is C28H31N9O2. The highest BCUT2D eigenvalue weighted by molar-refractivity contribution is 6.03. The van der Waals surface area contributed by atoms with Gasteiger partial charge in [0.15, 0.2) is 0 Å². The van der Waals surface area contributed by atoms with Gasteiger partial charge in [-0.2, -0.15) is 0 Å². The van der Waals surface area contributed by atoms with Gasteiger partial charge < -0.3 is 31.3 Å². The maximum Gasteiger partial charge on any atom is 0.256 e. The Bertz CT molecular complexity index is 1460. The number of aromatic nitrogens is 4. The van der Waals surface area contributed by atoms with Crippen molar-refractivity contribution in [2.24, 2.45) is 0 Å². The molecule has 11 heteroatoms. The fourth-order valence-electron chi connectivity index (χ4n) is 4.24. The van der Waals surface area contributed by atoms with Crippen molar-refractivity contribution in [3.05, 3.63) is 77.7 Å². The molecule has 5 rings (SSSR count). The zero-order chi connectivity index (χ0) is 27.2. The molecule has 11 nitrogen and oxygen atoms in total. The molecule has 39 heavy (non-hydrogen) atoms. The number of rotatable bonds is 10. The van der Waals surface area contributed by atoms with Crippen LogP contribution in [0.25, 0.3) is 11.3 Å². The highest BCUT2D eigenvalue weighted by Gasteiger charge is 2.23. The minimum Gasteiger partial charge on any atom is -0.492 e. The molecule has 0 unspecified atom stereocenters. The van der Waals surface area contributed by atoms with Gasteiger partial charge in [-0.25, -0.2) is 19.9 Å². The van der Waals surface area contributed by atoms with Crippen molar-refractivity contribution in [1.82, 2.24) is 24.8 Å². The van der Waals surface area contributed by atoms with Crippen LogP contribution in [0, 0.1) is 0 Å². The second-order valence-corrected chi connectivity index (χ2v) is 9.40. The minimum absolute atomic E-state index is 0.200. The van der Waals surface area contributed by atoms with Gasteiger partial charge in [0.25, 0.3) is 5.91 Å². The molecular weight excluding hydrogens is 494 g/mol. The van der Waals surface area contributed by atoms with Crippen LogP contribution in [0.3, 0.4) is 0 Å². The quantitative estimate of drug-likeness (QED) is 0.243. The molecule has 5 N–H and O–H groups in total. The lowest BCUT2D eigenvalue weighted by Gasteiger charge is -2.13. The number of likely N-dealkylation sites (N-methyl/N-ethyl adjacent to an activating group) is 1. The highest BCUT2D eigenvalue weighted by Crippen LogP contribution is 2.39. The van der Waals surface area contributed by atoms with Gasteiger partial charge in [0, 0.05) is 49.6 Å². The monoisotopic (exact) mass is 525 g/mol. The van der Waals surface area contributed by atoms with Crippen LogP contribution in [-0.4, -0.2) is 64.5 Å². The van der Waals surface area contributed by atoms with Crippen LogP contribution < -0.4 is 26.4 Å². The number of carbonyl (C=O) groups excluding carboxylic acids is 1. The SMILES string of the molecule is CN(C)CCNc1ccc(NC(=O)c2cccc(CNc3ncc(-c4ccnc(N)n4)c4c3CCO4)c2)nc1. The van der Waals surface area contributed by atoms with Crippen LogP contribution in [0.5, 0.6) is 5.75 Å². The molecule has 1 aromatic carbocycles. The number of amides is 1. The number of hydrogen-bond donors (Lipinski definition) is 4. The standard InChI is InChI=1S/C28H31N9O2/c1-37(2)12-11-30-20-6-7-24(32-16-20)36-27(38)19-5-3-4-18(14-19)15-33-26-21-9-13-39-25(21)22(17-34-26)23-8-10-31-28(29)35-23/h3-8,10,14,16-17,30H,9,11-13,15H2,1-2H3,(H,33,34)(H2,29,31,35)(H,32,36,38). The summed E-state index contributed by atoms with van der Waals surface area (Å²) in [5.74, 6) is 1.97. The van der Waals surface area contributed by atoms with Crippen LogP contribution in [0.2, 0.25) is 0 Å². The van der Waals surface area contributed by atoms with Crippen LogP contribution in [0.4, 0.5) is 23.3 Å². The van der Waals surface area contributed by atoms with E-state index in [9.17, 15) is 4.79 Å². The first-order valence-corrected chi connectivity index (χ1v) is 12.7. The van der Waals surface area contributed by atoms with Crippen molar-refractivity contribution in [2.45, 2.75) is 13.0 Å². The summed E-state index contributed by atoms with van der Waals surface area (Å²) in [7, 11) is 4.05. The summed E-state index contributed by atoms with van der Waals surface area (Å²) in [6, 6.07) is 12.9. The molecule has 0 radical (unpaired) electrons. The Balaban J connectivity index is 1.22. The number of nitrogen functional groups attached to an aromatic ring is 1. The molecule has 3 aromatic heterocycles. The van der Waals surface area contributed by atoms with Gasteiger partial charge >= 0.3 is 0 Å². The lowest BCUT2D eigenvalue weighted by atomic mass is 10.1. The largest absolute Gasteiger partial charge is 0.492 e. The number of nitrogens with two attached hydrogens (primary N) is 1. The fraction of sp³-hybridized carbons (Fsp3) is 0.250. The van der Waals surface area contributed by atoms with E-state index in [1.807, 2.05) is 38.4 Å². The summed E-state index contributed by atoms with van der Waals surface area (Å²) in [6.07, 6.45) is 5.79. The summed E-state index contributed by atoms with van der Waals surface area (Å²) >= 11 is 0. The molecule has 4 aromatic rings. The zero-order valence-corrected chi connectivity index (χ0v) is 21.9. The number of nitrogens with zero attached hydrogens (tertiary/aromatic N) is 5. The number of benzene rings is 1. The van der Waals surface area contributed by atoms with Gasteiger partial charge in [0.2, 0.25) is 5.95 Å². The normalized spacial score (nSPS) is 12.1. The molecule has 0 saturated carbocycles. The average Bonchev–Trinajstić information content (AvgIpc) is 3.43. The summed E-state index contributed by atoms with van der Waals surface area (Å²) < 4.78 is 5.91. The molecule has 1 aliphatic rings. The average molecular weight is 526 g/mol. The Morgan fingerprint density at radius 2 is 1.97 bits per heavy atom. The smallest absolute Gasteiger partial charge is 0.256 e. The third-order valence-electron chi connectivity index (χ3n) is 6.22. The van der Waals surface area contributed by atoms with E-state index in [1.54, 1.807) is 36.8 Å². The topological polar surface area (TPSA) is 143 Å². The lowest BCUT2D eigenvalue weighted by Crippen LogP contribution is -2.20. The Morgan fingerprint density at radius 3 is 2.77 bits per heavy atom. The van der Waals surface area contributed by atoms with E-state index < -0.39 is 0 Å². The number of ether oxygens (including phenoxy) is 1. The van der Waals surface area contributed by atoms with Gasteiger partial charge in [-0.3, -0.25) is 4.79 Å². The molecule has 1 aliphatic heterocycles. The summed E-state index contributed by atoms with van der Waals surface area (Å²) in [4.78, 5) is 32.2. The number of fused-ring (bicyclic) bond motifs is 1. The van der Waals surface area contributed by atoms with E-state index in [0.717, 1.165) is 53.5 Å². The predicted molar refractivity (Wildman–Crippen MR) is 152 cm³/mol. The molecule has 4 heterocycles. The van der Waals surface area contributed by atoms with Gasteiger partial charge in [0.05, 0.1) is 29.7 Å². The summed E-state index contributed by atoms with van der Waals surface area (Å²) in [6.45, 7) is 2.79. The third-order valence-corrected chi connectivity index (χ3v) is 6.22. The van der Waals surface area contributed by atoms with Crippen molar-refractivity contribution >= 4 is 29.2 Å². The molecule has 0 spiro atoms. The van der Waals surface area contributed by atoms with Gasteiger partial charge in [-0.1, -0.05) is 12.1 Å². The van der Waals surface area contributed by atoms with Crippen molar-refractivity contribution in [3.8, 4) is 17.0 Å². The number of nitrogens with one attached hydrogen (secondary N) is 3. The van der Waals surface area contributed by atoms with Crippen LogP contribution in [0.15, 0.2) is 61.1 Å². The number of pyridine rings is 2. The number of hydrogen-bond acceptors (Lipinski definition) is 10. The maximum absolute atomic E-state index is 12.9. The Labute approximate surface area is 226 Å². The van der Waals surface area contributed by atoms with Gasteiger partial charge in [-0.05, 0) is 50.0 Å². The lowest BCUT2D eigenvalue weighted by molar-refractivity contribution is 0.102. The van der Waals surface area contributed by atoms with Crippen molar-refractivity contribution in [3.63, 3.8) is 0 Å². The van der Waals surface area contributed by atoms with E-state index in [2.05, 4.69) is 40.8 Å². The van der Waals surface area contributed by atoms with Crippen molar-refractivity contribution < 1.29 is 9.53 Å². The molecule has 0 bridgehead atoms. The van der Waals surface area contributed by atoms with E-state index in [-0.39, 0.29) is 11.9 Å². The van der Waals surface area contributed by atoms with Gasteiger partial charge in [-0.15, -0.1) is 0 Å². The van der Waals surface area contributed by atoms with Crippen LogP contribution in [0.1, 0.15) is 21.5 Å². The maximum atomic E-state index is 12.9. The first-order valence-electron chi connectivity index (χ1n) is 12.7. The van der Waals surface area contributed by atoms with Crippen molar-refractivity contribution in [1.29, 1.82) is 0 Å². The summed E-state index contributed by atoms with van der Waals surface area (Å²) in [5, 5.41) is 9.57. The first-order chi connectivity index (χ1) is 19.0. The van der Waals surface area contributed by atoms with E-state index in [1.165, 1.54) is 0 Å². The predicted octanol–water partition coefficient (Wildman–Crippen LogP) is 3.29. The second kappa shape index (κ2) is 11.7. The fourth-order valence-corrected chi connectivity index (χ4v) is 4.24. The van der Waals surface area contributed by atoms with E-state index in [4.69, 9.17) is 10.5 Å². The Kier molecular flexibility index (Phi) is 7.78. The minimum atomic E-state index is -0.224. The first kappa shape index (κ1) is 25.9. The van der Waals surface area contributed by atoms with E-state index in [0.29, 0.717) is 30.2 Å². The molecule has 1 amide bonds. The Morgan fingerprint density at radius 1 is 1.08 bits per heavy atom. The number of anilines is 4.